The molecule has 0 aliphatic carbocycles. The van der Waals surface area contributed by atoms with Crippen LogP contribution in [0.15, 0.2) is 66.7 Å². The third-order valence-corrected chi connectivity index (χ3v) is 9.81. The Kier molecular flexibility index (Phi) is 7.68. The van der Waals surface area contributed by atoms with Crippen molar-refractivity contribution in [2.75, 3.05) is 26.2 Å². The van der Waals surface area contributed by atoms with Gasteiger partial charge in [-0.05, 0) is 53.9 Å². The average molecular weight is 539 g/mol. The molecule has 0 bridgehead atoms. The van der Waals surface area contributed by atoms with Gasteiger partial charge in [-0.2, -0.15) is 0 Å². The summed E-state index contributed by atoms with van der Waals surface area (Å²) in [5.74, 6) is 0.355. The van der Waals surface area contributed by atoms with Crippen LogP contribution in [0.1, 0.15) is 16.7 Å². The van der Waals surface area contributed by atoms with Crippen molar-refractivity contribution in [1.29, 1.82) is 0 Å². The van der Waals surface area contributed by atoms with Crippen LogP contribution in [0.25, 0.3) is 21.6 Å². The minimum absolute atomic E-state index is 0.355. The Morgan fingerprint density at radius 3 is 2.14 bits per heavy atom. The first-order valence-corrected chi connectivity index (χ1v) is 14.6. The second-order valence-electron chi connectivity index (χ2n) is 9.05. The largest absolute Gasteiger partial charge is 0.508 e. The van der Waals surface area contributed by atoms with E-state index in [0.29, 0.717) is 5.75 Å². The van der Waals surface area contributed by atoms with Gasteiger partial charge in [-0.15, -0.1) is 0 Å². The van der Waals surface area contributed by atoms with E-state index in [1.807, 2.05) is 24.3 Å². The van der Waals surface area contributed by atoms with E-state index in [2.05, 4.69) is 59.2 Å². The number of benzene rings is 3. The van der Waals surface area contributed by atoms with Crippen molar-refractivity contribution in [3.05, 3.63) is 92.3 Å². The number of halogens is 1. The van der Waals surface area contributed by atoms with Gasteiger partial charge in [-0.3, -0.25) is 9.80 Å². The standard InChI is InChI=1S/C28H27ClN2OS3/c1-19-2-6-21(7-3-19)26-27(34-35-28(26)33)22-8-11-25(32)23(16-22)18-31-14-12-30(13-15-31)17-20-4-9-24(29)10-5-20/h2-11,16,32H,12-15,17-18H2,1H3. The van der Waals surface area contributed by atoms with Crippen molar-refractivity contribution in [2.24, 2.45) is 0 Å². The molecule has 0 unspecified atom stereocenters. The van der Waals surface area contributed by atoms with Crippen LogP contribution in [0.2, 0.25) is 5.02 Å². The van der Waals surface area contributed by atoms with Crippen LogP contribution in [-0.4, -0.2) is 41.1 Å². The topological polar surface area (TPSA) is 26.7 Å². The first-order chi connectivity index (χ1) is 17.0. The Labute approximate surface area is 224 Å². The molecule has 0 radical (unpaired) electrons. The van der Waals surface area contributed by atoms with Crippen molar-refractivity contribution >= 4 is 44.5 Å². The summed E-state index contributed by atoms with van der Waals surface area (Å²) >= 11 is 11.7. The lowest BCUT2D eigenvalue weighted by Gasteiger charge is -2.35. The van der Waals surface area contributed by atoms with Gasteiger partial charge in [0, 0.05) is 55.4 Å². The summed E-state index contributed by atoms with van der Waals surface area (Å²) in [6.45, 7) is 7.74. The summed E-state index contributed by atoms with van der Waals surface area (Å²) in [5, 5.41) is 11.4. The van der Waals surface area contributed by atoms with Crippen LogP contribution >= 0.6 is 44.5 Å². The fourth-order valence-electron chi connectivity index (χ4n) is 4.46. The Balaban J connectivity index is 1.29. The van der Waals surface area contributed by atoms with Gasteiger partial charge < -0.3 is 5.11 Å². The maximum absolute atomic E-state index is 10.6. The third-order valence-electron chi connectivity index (χ3n) is 6.49. The van der Waals surface area contributed by atoms with Crippen LogP contribution in [-0.2, 0) is 13.1 Å². The van der Waals surface area contributed by atoms with Crippen molar-refractivity contribution in [1.82, 2.24) is 9.80 Å². The lowest BCUT2D eigenvalue weighted by Crippen LogP contribution is -2.45. The van der Waals surface area contributed by atoms with Crippen LogP contribution in [0, 0.1) is 10.7 Å². The normalized spacial score (nSPS) is 14.9. The monoisotopic (exact) mass is 538 g/mol. The Morgan fingerprint density at radius 1 is 0.829 bits per heavy atom. The van der Waals surface area contributed by atoms with E-state index >= 15 is 0 Å². The Bertz CT molecular complexity index is 1350. The van der Waals surface area contributed by atoms with E-state index in [1.54, 1.807) is 20.7 Å². The molecule has 1 aliphatic heterocycles. The molecule has 180 valence electrons. The molecule has 5 rings (SSSR count). The predicted molar refractivity (Wildman–Crippen MR) is 152 cm³/mol. The molecule has 35 heavy (non-hydrogen) atoms. The van der Waals surface area contributed by atoms with Gasteiger partial charge in [-0.25, -0.2) is 0 Å². The first-order valence-electron chi connectivity index (χ1n) is 11.7. The SMILES string of the molecule is Cc1ccc(-c2c(-c3ccc(O)c(CN4CCN(Cc5ccc(Cl)cc5)CC4)c3)ssc2=S)cc1. The minimum atomic E-state index is 0.355. The molecule has 0 spiro atoms. The van der Waals surface area contributed by atoms with Gasteiger partial charge >= 0.3 is 0 Å². The fourth-order valence-corrected chi connectivity index (χ4v) is 7.50. The lowest BCUT2D eigenvalue weighted by atomic mass is 10.0. The van der Waals surface area contributed by atoms with E-state index in [-0.39, 0.29) is 0 Å². The molecular formula is C28H27ClN2OS3. The smallest absolute Gasteiger partial charge is 0.120 e. The number of hydrogen-bond acceptors (Lipinski definition) is 6. The quantitative estimate of drug-likeness (QED) is 0.200. The van der Waals surface area contributed by atoms with Crippen molar-refractivity contribution in [3.8, 4) is 27.3 Å². The zero-order chi connectivity index (χ0) is 24.4. The maximum Gasteiger partial charge on any atom is 0.120 e. The van der Waals surface area contributed by atoms with Gasteiger partial charge in [0.25, 0.3) is 0 Å². The number of piperazine rings is 1. The average Bonchev–Trinajstić information content (AvgIpc) is 3.25. The Hall–Kier alpha value is -2.06. The van der Waals surface area contributed by atoms with Gasteiger partial charge in [0.1, 0.15) is 9.57 Å². The van der Waals surface area contributed by atoms with E-state index < -0.39 is 0 Å². The van der Waals surface area contributed by atoms with Gasteiger partial charge in [-0.1, -0.05) is 86.5 Å². The first kappa shape index (κ1) is 24.6. The second kappa shape index (κ2) is 10.9. The van der Waals surface area contributed by atoms with Crippen LogP contribution < -0.4 is 0 Å². The summed E-state index contributed by atoms with van der Waals surface area (Å²) in [6, 6.07) is 22.6. The van der Waals surface area contributed by atoms with E-state index in [1.165, 1.54) is 16.0 Å². The van der Waals surface area contributed by atoms with Crippen molar-refractivity contribution < 1.29 is 5.11 Å². The molecule has 1 aliphatic rings. The second-order valence-corrected chi connectivity index (χ2v) is 12.3. The Morgan fingerprint density at radius 2 is 1.46 bits per heavy atom. The summed E-state index contributed by atoms with van der Waals surface area (Å²) in [4.78, 5) is 6.08. The zero-order valence-corrected chi connectivity index (χ0v) is 22.7. The maximum atomic E-state index is 10.6. The van der Waals surface area contributed by atoms with Crippen molar-refractivity contribution in [2.45, 2.75) is 20.0 Å². The summed E-state index contributed by atoms with van der Waals surface area (Å²) in [5.41, 5.74) is 6.89. The summed E-state index contributed by atoms with van der Waals surface area (Å²) in [6.07, 6.45) is 0. The molecular weight excluding hydrogens is 512 g/mol. The molecule has 1 aromatic heterocycles. The number of phenolic OH excluding ortho intramolecular Hbond substituents is 1. The van der Waals surface area contributed by atoms with E-state index in [0.717, 1.165) is 70.4 Å². The van der Waals surface area contributed by atoms with Gasteiger partial charge in [0.15, 0.2) is 0 Å². The lowest BCUT2D eigenvalue weighted by molar-refractivity contribution is 0.121. The molecule has 1 saturated heterocycles. The molecule has 0 saturated carbocycles. The van der Waals surface area contributed by atoms with E-state index in [9.17, 15) is 5.11 Å². The predicted octanol–water partition coefficient (Wildman–Crippen LogP) is 7.86. The molecule has 7 heteroatoms. The number of nitrogens with zero attached hydrogens (tertiary/aromatic N) is 2. The molecule has 1 fully saturated rings. The van der Waals surface area contributed by atoms with Crippen LogP contribution in [0.5, 0.6) is 5.75 Å². The number of aryl methyl sites for hydroxylation is 1. The molecule has 3 nitrogen and oxygen atoms in total. The highest BCUT2D eigenvalue weighted by molar-refractivity contribution is 7.80. The third kappa shape index (κ3) is 5.85. The highest BCUT2D eigenvalue weighted by Gasteiger charge is 2.20. The molecule has 4 aromatic rings. The highest BCUT2D eigenvalue weighted by atomic mass is 35.5. The summed E-state index contributed by atoms with van der Waals surface area (Å²) < 4.78 is 0.917. The van der Waals surface area contributed by atoms with Crippen LogP contribution in [0.4, 0.5) is 0 Å². The number of phenols is 1. The van der Waals surface area contributed by atoms with Gasteiger partial charge in [0.2, 0.25) is 0 Å². The highest BCUT2D eigenvalue weighted by Crippen LogP contribution is 2.42. The van der Waals surface area contributed by atoms with Crippen LogP contribution in [0.3, 0.4) is 0 Å². The molecule has 0 atom stereocenters. The number of rotatable bonds is 6. The molecule has 3 aromatic carbocycles. The molecule has 2 heterocycles. The minimum Gasteiger partial charge on any atom is -0.508 e. The van der Waals surface area contributed by atoms with Crippen molar-refractivity contribution in [3.63, 3.8) is 0 Å². The van der Waals surface area contributed by atoms with E-state index in [4.69, 9.17) is 23.8 Å². The fraction of sp³-hybridized carbons (Fsp3) is 0.250. The number of aromatic hydroxyl groups is 1. The molecule has 0 amide bonds. The van der Waals surface area contributed by atoms with Gasteiger partial charge in [0.05, 0.1) is 4.88 Å². The number of hydrogen-bond donors (Lipinski definition) is 1. The molecule has 1 N–H and O–H groups in total. The summed E-state index contributed by atoms with van der Waals surface area (Å²) in [7, 11) is 3.36. The zero-order valence-electron chi connectivity index (χ0n) is 19.5.